The van der Waals surface area contributed by atoms with Crippen molar-refractivity contribution < 1.29 is 9.90 Å². The first-order chi connectivity index (χ1) is 6.97. The fourth-order valence-electron chi connectivity index (χ4n) is 1.49. The number of nitrogens with zero attached hydrogens (tertiary/aromatic N) is 1. The van der Waals surface area contributed by atoms with Gasteiger partial charge in [0.1, 0.15) is 5.60 Å². The van der Waals surface area contributed by atoms with E-state index in [4.69, 9.17) is 0 Å². The third kappa shape index (κ3) is 2.18. The molecule has 2 N–H and O–H groups in total. The molecule has 0 radical (unpaired) electrons. The average molecular weight is 226 g/mol. The first kappa shape index (κ1) is 10.6. The van der Waals surface area contributed by atoms with Crippen molar-refractivity contribution >= 4 is 22.4 Å². The van der Waals surface area contributed by atoms with Gasteiger partial charge in [0.05, 0.1) is 5.69 Å². The summed E-state index contributed by atoms with van der Waals surface area (Å²) in [6.45, 7) is 2.92. The summed E-state index contributed by atoms with van der Waals surface area (Å²) in [4.78, 5) is 17.1. The quantitative estimate of drug-likeness (QED) is 0.800. The highest BCUT2D eigenvalue weighted by atomic mass is 32.1. The minimum atomic E-state index is -1.35. The molecule has 4 nitrogen and oxygen atoms in total. The number of hydrogen-bond acceptors (Lipinski definition) is 4. The number of anilines is 1. The number of rotatable bonds is 2. The van der Waals surface area contributed by atoms with Crippen LogP contribution in [0.25, 0.3) is 0 Å². The maximum atomic E-state index is 11.5. The number of carbonyl (C=O) groups excluding carboxylic acids is 1. The van der Waals surface area contributed by atoms with Crippen molar-refractivity contribution in [3.63, 3.8) is 0 Å². The lowest BCUT2D eigenvalue weighted by atomic mass is 10.1. The fourth-order valence-corrected chi connectivity index (χ4v) is 2.54. The predicted octanol–water partition coefficient (Wildman–Crippen LogP) is 1.34. The van der Waals surface area contributed by atoms with Crippen LogP contribution in [0.4, 0.5) is 5.13 Å². The van der Waals surface area contributed by atoms with E-state index in [9.17, 15) is 9.90 Å². The minimum absolute atomic E-state index is 0.407. The number of aromatic nitrogens is 1. The topological polar surface area (TPSA) is 62.2 Å². The van der Waals surface area contributed by atoms with Crippen LogP contribution in [-0.4, -0.2) is 21.6 Å². The summed E-state index contributed by atoms with van der Waals surface area (Å²) in [5.74, 6) is -0.407. The Labute approximate surface area is 92.3 Å². The van der Waals surface area contributed by atoms with Gasteiger partial charge in [-0.3, -0.25) is 10.1 Å². The van der Waals surface area contributed by atoms with Crippen LogP contribution in [0.15, 0.2) is 0 Å². The van der Waals surface area contributed by atoms with Crippen LogP contribution in [0, 0.1) is 0 Å². The van der Waals surface area contributed by atoms with Gasteiger partial charge in [-0.1, -0.05) is 0 Å². The molecule has 0 spiro atoms. The van der Waals surface area contributed by atoms with Gasteiger partial charge >= 0.3 is 0 Å². The van der Waals surface area contributed by atoms with Crippen LogP contribution in [0.2, 0.25) is 0 Å². The van der Waals surface area contributed by atoms with Crippen molar-refractivity contribution in [2.24, 2.45) is 0 Å². The van der Waals surface area contributed by atoms with Crippen molar-refractivity contribution in [2.45, 2.75) is 38.7 Å². The summed E-state index contributed by atoms with van der Waals surface area (Å²) in [6, 6.07) is 0. The van der Waals surface area contributed by atoms with Crippen LogP contribution in [0.1, 0.15) is 30.8 Å². The lowest BCUT2D eigenvalue weighted by Crippen LogP contribution is -2.36. The molecule has 2 rings (SSSR count). The Hall–Kier alpha value is -0.940. The van der Waals surface area contributed by atoms with E-state index in [1.54, 1.807) is 0 Å². The Morgan fingerprint density at radius 3 is 2.87 bits per heavy atom. The molecule has 0 fully saturated rings. The molecule has 1 aromatic heterocycles. The smallest absolute Gasteiger partial charge is 0.257 e. The zero-order valence-corrected chi connectivity index (χ0v) is 9.65. The van der Waals surface area contributed by atoms with E-state index in [0.29, 0.717) is 5.13 Å². The number of carbonyl (C=O) groups is 1. The Balaban J connectivity index is 2.09. The molecule has 1 amide bonds. The molecule has 0 saturated heterocycles. The lowest BCUT2D eigenvalue weighted by molar-refractivity contribution is -0.130. The van der Waals surface area contributed by atoms with Crippen LogP contribution in [0.5, 0.6) is 0 Å². The molecule has 0 saturated carbocycles. The second kappa shape index (κ2) is 3.57. The van der Waals surface area contributed by atoms with Crippen LogP contribution < -0.4 is 5.32 Å². The van der Waals surface area contributed by atoms with Gasteiger partial charge in [0.15, 0.2) is 5.13 Å². The van der Waals surface area contributed by atoms with E-state index in [1.807, 2.05) is 0 Å². The highest BCUT2D eigenvalue weighted by molar-refractivity contribution is 7.15. The van der Waals surface area contributed by atoms with Crippen LogP contribution in [0.3, 0.4) is 0 Å². The van der Waals surface area contributed by atoms with Gasteiger partial charge in [0.25, 0.3) is 5.91 Å². The number of aryl methyl sites for hydroxylation is 2. The van der Waals surface area contributed by atoms with Gasteiger partial charge in [0, 0.05) is 4.88 Å². The van der Waals surface area contributed by atoms with E-state index in [-0.39, 0.29) is 0 Å². The van der Waals surface area contributed by atoms with Crippen molar-refractivity contribution in [1.29, 1.82) is 0 Å². The van der Waals surface area contributed by atoms with E-state index < -0.39 is 11.5 Å². The molecular formula is C10H14N2O2S. The second-order valence-corrected chi connectivity index (χ2v) is 5.34. The van der Waals surface area contributed by atoms with Gasteiger partial charge in [-0.15, -0.1) is 11.3 Å². The van der Waals surface area contributed by atoms with Gasteiger partial charge in [-0.2, -0.15) is 0 Å². The molecule has 15 heavy (non-hydrogen) atoms. The second-order valence-electron chi connectivity index (χ2n) is 4.26. The summed E-state index contributed by atoms with van der Waals surface area (Å²) in [5.41, 5.74) is -0.248. The molecule has 1 aromatic rings. The maximum absolute atomic E-state index is 11.5. The zero-order valence-electron chi connectivity index (χ0n) is 8.83. The molecular weight excluding hydrogens is 212 g/mol. The van der Waals surface area contributed by atoms with E-state index in [2.05, 4.69) is 10.3 Å². The highest BCUT2D eigenvalue weighted by Crippen LogP contribution is 2.30. The normalized spacial score (nSPS) is 15.1. The Bertz CT molecular complexity index is 371. The number of aliphatic hydroxyl groups is 1. The number of hydrogen-bond donors (Lipinski definition) is 2. The first-order valence-corrected chi connectivity index (χ1v) is 5.81. The van der Waals surface area contributed by atoms with Crippen molar-refractivity contribution in [3.05, 3.63) is 10.6 Å². The van der Waals surface area contributed by atoms with Crippen molar-refractivity contribution in [2.75, 3.05) is 5.32 Å². The summed E-state index contributed by atoms with van der Waals surface area (Å²) in [6.07, 6.45) is 3.23. The summed E-state index contributed by atoms with van der Waals surface area (Å²) >= 11 is 1.51. The maximum Gasteiger partial charge on any atom is 0.257 e. The van der Waals surface area contributed by atoms with Crippen LogP contribution >= 0.6 is 11.3 Å². The molecule has 0 unspecified atom stereocenters. The number of amides is 1. The van der Waals surface area contributed by atoms with E-state index in [0.717, 1.165) is 25.0 Å². The molecule has 0 bridgehead atoms. The van der Waals surface area contributed by atoms with Gasteiger partial charge in [-0.25, -0.2) is 4.98 Å². The molecule has 0 aliphatic heterocycles. The van der Waals surface area contributed by atoms with Gasteiger partial charge in [-0.05, 0) is 33.1 Å². The Kier molecular flexibility index (Phi) is 2.52. The molecule has 5 heteroatoms. The summed E-state index contributed by atoms with van der Waals surface area (Å²) in [7, 11) is 0. The third-order valence-corrected chi connectivity index (χ3v) is 3.44. The Morgan fingerprint density at radius 2 is 2.27 bits per heavy atom. The summed E-state index contributed by atoms with van der Waals surface area (Å²) in [5, 5.41) is 12.7. The number of thiazole rings is 1. The zero-order chi connectivity index (χ0) is 11.1. The molecule has 0 atom stereocenters. The molecule has 1 aliphatic carbocycles. The van der Waals surface area contributed by atoms with Gasteiger partial charge in [0.2, 0.25) is 0 Å². The molecule has 1 aliphatic rings. The standard InChI is InChI=1S/C10H14N2O2S/c1-10(2,14)8(13)12-9-11-6-4-3-5-7(6)15-9/h14H,3-5H2,1-2H3,(H,11,12,13). The first-order valence-electron chi connectivity index (χ1n) is 4.99. The predicted molar refractivity (Wildman–Crippen MR) is 59.1 cm³/mol. The van der Waals surface area contributed by atoms with Gasteiger partial charge < -0.3 is 5.11 Å². The largest absolute Gasteiger partial charge is 0.381 e. The molecule has 82 valence electrons. The van der Waals surface area contributed by atoms with Crippen LogP contribution in [-0.2, 0) is 17.6 Å². The fraction of sp³-hybridized carbons (Fsp3) is 0.600. The van der Waals surface area contributed by atoms with Crippen molar-refractivity contribution in [3.8, 4) is 0 Å². The monoisotopic (exact) mass is 226 g/mol. The molecule has 0 aromatic carbocycles. The van der Waals surface area contributed by atoms with E-state index in [1.165, 1.54) is 30.1 Å². The number of nitrogens with one attached hydrogen (secondary N) is 1. The highest BCUT2D eigenvalue weighted by Gasteiger charge is 2.25. The average Bonchev–Trinajstić information content (AvgIpc) is 2.61. The number of fused-ring (bicyclic) bond motifs is 1. The minimum Gasteiger partial charge on any atom is -0.381 e. The van der Waals surface area contributed by atoms with Crippen molar-refractivity contribution in [1.82, 2.24) is 4.98 Å². The SMILES string of the molecule is CC(C)(O)C(=O)Nc1nc2c(s1)CCC2. The Morgan fingerprint density at radius 1 is 1.53 bits per heavy atom. The lowest BCUT2D eigenvalue weighted by Gasteiger charge is -2.14. The van der Waals surface area contributed by atoms with E-state index >= 15 is 0 Å². The summed E-state index contributed by atoms with van der Waals surface area (Å²) < 4.78 is 0. The molecule has 1 heterocycles. The third-order valence-electron chi connectivity index (χ3n) is 2.37.